The Morgan fingerprint density at radius 1 is 1.23 bits per heavy atom. The first kappa shape index (κ1) is 18.5. The maximum atomic E-state index is 12.3. The van der Waals surface area contributed by atoms with E-state index in [0.717, 1.165) is 22.6 Å². The summed E-state index contributed by atoms with van der Waals surface area (Å²) in [5.41, 5.74) is 1.96. The average Bonchev–Trinajstić information content (AvgIpc) is 2.37. The average molecular weight is 307 g/mol. The number of benzene rings is 1. The van der Waals surface area contributed by atoms with Gasteiger partial charge in [-0.3, -0.25) is 4.79 Å². The van der Waals surface area contributed by atoms with E-state index in [0.29, 0.717) is 19.1 Å². The molecule has 124 valence electrons. The number of amides is 1. The van der Waals surface area contributed by atoms with Crippen molar-refractivity contribution in [3.8, 4) is 5.75 Å². The molecule has 1 aromatic carbocycles. The Balaban J connectivity index is 2.88. The number of rotatable bonds is 7. The first-order chi connectivity index (χ1) is 10.2. The van der Waals surface area contributed by atoms with Gasteiger partial charge in [0.2, 0.25) is 0 Å². The maximum Gasteiger partial charge on any atom is 0.256 e. The highest BCUT2D eigenvalue weighted by Gasteiger charge is 2.28. The van der Waals surface area contributed by atoms with Crippen LogP contribution in [0.4, 0.5) is 5.69 Å². The van der Waals surface area contributed by atoms with Gasteiger partial charge in [-0.25, -0.2) is 0 Å². The van der Waals surface area contributed by atoms with Crippen molar-refractivity contribution in [3.63, 3.8) is 0 Å². The molecule has 0 unspecified atom stereocenters. The van der Waals surface area contributed by atoms with Gasteiger partial charge in [-0.05, 0) is 63.8 Å². The van der Waals surface area contributed by atoms with Crippen molar-refractivity contribution in [1.82, 2.24) is 0 Å². The zero-order valence-corrected chi connectivity index (χ0v) is 14.9. The molecule has 0 heterocycles. The molecule has 4 nitrogen and oxygen atoms in total. The first-order valence-corrected chi connectivity index (χ1v) is 7.86. The maximum absolute atomic E-state index is 12.3. The van der Waals surface area contributed by atoms with Crippen molar-refractivity contribution in [2.24, 2.45) is 5.92 Å². The van der Waals surface area contributed by atoms with Gasteiger partial charge in [-0.2, -0.15) is 0 Å². The molecule has 0 fully saturated rings. The third-order valence-electron chi connectivity index (χ3n) is 3.33. The van der Waals surface area contributed by atoms with Gasteiger partial charge in [-0.1, -0.05) is 13.8 Å². The Morgan fingerprint density at radius 3 is 2.23 bits per heavy atom. The van der Waals surface area contributed by atoms with Gasteiger partial charge in [0.1, 0.15) is 11.4 Å². The van der Waals surface area contributed by atoms with E-state index >= 15 is 0 Å². The molecule has 0 spiro atoms. The molecular weight excluding hydrogens is 278 g/mol. The van der Waals surface area contributed by atoms with E-state index in [1.54, 1.807) is 13.8 Å². The van der Waals surface area contributed by atoms with E-state index < -0.39 is 5.60 Å². The van der Waals surface area contributed by atoms with E-state index in [1.165, 1.54) is 0 Å². The predicted molar refractivity (Wildman–Crippen MR) is 90.6 cm³/mol. The van der Waals surface area contributed by atoms with E-state index in [2.05, 4.69) is 19.2 Å². The van der Waals surface area contributed by atoms with Crippen LogP contribution in [0.5, 0.6) is 5.75 Å². The molecule has 0 aromatic heterocycles. The second kappa shape index (κ2) is 7.63. The minimum absolute atomic E-state index is 0.149. The third kappa shape index (κ3) is 5.02. The molecule has 0 aliphatic rings. The summed E-state index contributed by atoms with van der Waals surface area (Å²) >= 11 is 0. The van der Waals surface area contributed by atoms with Crippen LogP contribution in [0.15, 0.2) is 12.1 Å². The Hall–Kier alpha value is -1.55. The summed E-state index contributed by atoms with van der Waals surface area (Å²) in [6.07, 6.45) is 0. The molecule has 1 aromatic rings. The summed E-state index contributed by atoms with van der Waals surface area (Å²) < 4.78 is 11.3. The number of anilines is 1. The molecule has 1 rings (SSSR count). The fraction of sp³-hybridized carbons (Fsp3) is 0.611. The Bertz CT molecular complexity index is 498. The van der Waals surface area contributed by atoms with Gasteiger partial charge < -0.3 is 14.8 Å². The predicted octanol–water partition coefficient (Wildman–Crippen LogP) is 4.09. The van der Waals surface area contributed by atoms with Crippen LogP contribution in [0.1, 0.15) is 45.7 Å². The zero-order valence-electron chi connectivity index (χ0n) is 14.9. The van der Waals surface area contributed by atoms with Crippen molar-refractivity contribution in [3.05, 3.63) is 23.3 Å². The van der Waals surface area contributed by atoms with Crippen LogP contribution in [0, 0.1) is 19.8 Å². The lowest BCUT2D eigenvalue weighted by molar-refractivity contribution is -0.136. The molecule has 1 N–H and O–H groups in total. The molecule has 0 aliphatic carbocycles. The largest absolute Gasteiger partial charge is 0.493 e. The molecule has 4 heteroatoms. The number of ether oxygens (including phenoxy) is 2. The molecule has 22 heavy (non-hydrogen) atoms. The van der Waals surface area contributed by atoms with E-state index in [4.69, 9.17) is 9.47 Å². The standard InChI is InChI=1S/C18H29NO3/c1-8-22-18(6,7)17(20)19-15-9-13(4)16(14(5)10-15)21-11-12(2)3/h9-10,12H,8,11H2,1-7H3,(H,19,20). The lowest BCUT2D eigenvalue weighted by Gasteiger charge is -2.24. The zero-order chi connectivity index (χ0) is 16.9. The number of hydrogen-bond acceptors (Lipinski definition) is 3. The summed E-state index contributed by atoms with van der Waals surface area (Å²) in [6.45, 7) is 14.8. The topological polar surface area (TPSA) is 47.6 Å². The van der Waals surface area contributed by atoms with Gasteiger partial charge >= 0.3 is 0 Å². The van der Waals surface area contributed by atoms with Gasteiger partial charge in [0, 0.05) is 12.3 Å². The second-order valence-electron chi connectivity index (χ2n) is 6.54. The van der Waals surface area contributed by atoms with Crippen molar-refractivity contribution >= 4 is 11.6 Å². The summed E-state index contributed by atoms with van der Waals surface area (Å²) in [7, 11) is 0. The van der Waals surface area contributed by atoms with Crippen molar-refractivity contribution < 1.29 is 14.3 Å². The molecule has 1 amide bonds. The first-order valence-electron chi connectivity index (χ1n) is 7.86. The SMILES string of the molecule is CCOC(C)(C)C(=O)Nc1cc(C)c(OCC(C)C)c(C)c1. The number of carbonyl (C=O) groups is 1. The molecule has 0 bridgehead atoms. The molecule has 0 radical (unpaired) electrons. The van der Waals surface area contributed by atoms with Crippen LogP contribution in [0.25, 0.3) is 0 Å². The lowest BCUT2D eigenvalue weighted by Crippen LogP contribution is -2.39. The van der Waals surface area contributed by atoms with Crippen LogP contribution < -0.4 is 10.1 Å². The molecule has 0 aliphatic heterocycles. The fourth-order valence-electron chi connectivity index (χ4n) is 2.21. The number of carbonyl (C=O) groups excluding carboxylic acids is 1. The highest BCUT2D eigenvalue weighted by atomic mass is 16.5. The number of hydrogen-bond donors (Lipinski definition) is 1. The molecular formula is C18H29NO3. The van der Waals surface area contributed by atoms with Gasteiger partial charge in [0.15, 0.2) is 0 Å². The van der Waals surface area contributed by atoms with E-state index in [1.807, 2.05) is 32.9 Å². The summed E-state index contributed by atoms with van der Waals surface area (Å²) in [5.74, 6) is 1.23. The lowest BCUT2D eigenvalue weighted by atomic mass is 10.1. The summed E-state index contributed by atoms with van der Waals surface area (Å²) in [5, 5.41) is 2.92. The highest BCUT2D eigenvalue weighted by Crippen LogP contribution is 2.28. The summed E-state index contributed by atoms with van der Waals surface area (Å²) in [4.78, 5) is 12.3. The van der Waals surface area contributed by atoms with Crippen LogP contribution in [0.3, 0.4) is 0 Å². The van der Waals surface area contributed by atoms with Crippen molar-refractivity contribution in [1.29, 1.82) is 0 Å². The quantitative estimate of drug-likeness (QED) is 0.825. The summed E-state index contributed by atoms with van der Waals surface area (Å²) in [6, 6.07) is 3.87. The molecule has 0 saturated heterocycles. The second-order valence-corrected chi connectivity index (χ2v) is 6.54. The molecule has 0 saturated carbocycles. The van der Waals surface area contributed by atoms with Crippen molar-refractivity contribution in [2.75, 3.05) is 18.5 Å². The monoisotopic (exact) mass is 307 g/mol. The smallest absolute Gasteiger partial charge is 0.256 e. The Labute approximate surface area is 134 Å². The minimum atomic E-state index is -0.844. The Morgan fingerprint density at radius 2 is 1.77 bits per heavy atom. The van der Waals surface area contributed by atoms with Crippen molar-refractivity contribution in [2.45, 2.75) is 54.1 Å². The van der Waals surface area contributed by atoms with Crippen LogP contribution in [-0.4, -0.2) is 24.7 Å². The Kier molecular flexibility index (Phi) is 6.42. The van der Waals surface area contributed by atoms with Crippen LogP contribution in [0.2, 0.25) is 0 Å². The number of nitrogens with one attached hydrogen (secondary N) is 1. The van der Waals surface area contributed by atoms with E-state index in [-0.39, 0.29) is 5.91 Å². The van der Waals surface area contributed by atoms with Gasteiger partial charge in [0.05, 0.1) is 6.61 Å². The normalized spacial score (nSPS) is 11.6. The minimum Gasteiger partial charge on any atom is -0.493 e. The van der Waals surface area contributed by atoms with Crippen LogP contribution in [-0.2, 0) is 9.53 Å². The molecule has 0 atom stereocenters. The fourth-order valence-corrected chi connectivity index (χ4v) is 2.21. The van der Waals surface area contributed by atoms with Gasteiger partial charge in [0.25, 0.3) is 5.91 Å². The number of aryl methyl sites for hydroxylation is 2. The van der Waals surface area contributed by atoms with Gasteiger partial charge in [-0.15, -0.1) is 0 Å². The highest BCUT2D eigenvalue weighted by molar-refractivity contribution is 5.97. The third-order valence-corrected chi connectivity index (χ3v) is 3.33. The van der Waals surface area contributed by atoms with E-state index in [9.17, 15) is 4.79 Å². The van der Waals surface area contributed by atoms with Crippen LogP contribution >= 0.6 is 0 Å².